The highest BCUT2D eigenvalue weighted by Gasteiger charge is 2.39. The molecule has 1 aromatic rings. The summed E-state index contributed by atoms with van der Waals surface area (Å²) in [6, 6.07) is 2.02. The van der Waals surface area contributed by atoms with E-state index in [1.54, 1.807) is 0 Å². The maximum absolute atomic E-state index is 4.48. The van der Waals surface area contributed by atoms with Crippen LogP contribution in [-0.4, -0.2) is 23.1 Å². The fraction of sp³-hybridized carbons (Fsp3) is 0.733. The lowest BCUT2D eigenvalue weighted by atomic mass is 9.89. The van der Waals surface area contributed by atoms with Crippen molar-refractivity contribution in [1.82, 2.24) is 9.97 Å². The molecule has 2 aliphatic carbocycles. The van der Waals surface area contributed by atoms with Crippen LogP contribution in [0.2, 0.25) is 0 Å². The Morgan fingerprint density at radius 1 is 1.16 bits per heavy atom. The van der Waals surface area contributed by atoms with Crippen LogP contribution in [0.3, 0.4) is 0 Å². The Hall–Kier alpha value is -1.32. The molecule has 3 unspecified atom stereocenters. The Morgan fingerprint density at radius 2 is 1.95 bits per heavy atom. The van der Waals surface area contributed by atoms with Gasteiger partial charge in [0.1, 0.15) is 17.5 Å². The first kappa shape index (κ1) is 12.7. The second-order valence-electron chi connectivity index (χ2n) is 6.03. The first-order valence-electron chi connectivity index (χ1n) is 7.58. The lowest BCUT2D eigenvalue weighted by Crippen LogP contribution is -2.20. The summed E-state index contributed by atoms with van der Waals surface area (Å²) in [7, 11) is 0. The Labute approximate surface area is 115 Å². The molecule has 1 heterocycles. The minimum Gasteiger partial charge on any atom is -0.370 e. The highest BCUT2D eigenvalue weighted by atomic mass is 15.1. The Balaban J connectivity index is 1.60. The maximum atomic E-state index is 4.48. The van der Waals surface area contributed by atoms with Gasteiger partial charge in [-0.1, -0.05) is 6.42 Å². The van der Waals surface area contributed by atoms with Crippen LogP contribution >= 0.6 is 0 Å². The van der Waals surface area contributed by atoms with Gasteiger partial charge in [0, 0.05) is 19.2 Å². The van der Waals surface area contributed by atoms with Gasteiger partial charge in [-0.25, -0.2) is 9.97 Å². The van der Waals surface area contributed by atoms with Gasteiger partial charge < -0.3 is 10.6 Å². The van der Waals surface area contributed by atoms with Gasteiger partial charge in [-0.3, -0.25) is 0 Å². The molecule has 3 rings (SSSR count). The van der Waals surface area contributed by atoms with Crippen molar-refractivity contribution in [2.45, 2.75) is 39.5 Å². The number of anilines is 2. The van der Waals surface area contributed by atoms with Crippen LogP contribution in [0.1, 0.15) is 38.4 Å². The van der Waals surface area contributed by atoms with Crippen LogP contribution in [0, 0.1) is 24.7 Å². The average molecular weight is 260 g/mol. The van der Waals surface area contributed by atoms with E-state index in [1.165, 1.54) is 25.7 Å². The van der Waals surface area contributed by atoms with Gasteiger partial charge in [0.25, 0.3) is 0 Å². The summed E-state index contributed by atoms with van der Waals surface area (Å²) in [4.78, 5) is 8.86. The molecule has 2 bridgehead atoms. The minimum atomic E-state index is 0.828. The molecule has 2 aliphatic rings. The smallest absolute Gasteiger partial charge is 0.131 e. The molecule has 0 aromatic carbocycles. The van der Waals surface area contributed by atoms with Crippen LogP contribution in [0.5, 0.6) is 0 Å². The lowest BCUT2D eigenvalue weighted by Gasteiger charge is -2.22. The molecule has 0 saturated heterocycles. The van der Waals surface area contributed by atoms with E-state index in [1.807, 2.05) is 13.0 Å². The minimum absolute atomic E-state index is 0.828. The zero-order chi connectivity index (χ0) is 13.2. The molecule has 0 radical (unpaired) electrons. The number of nitrogens with one attached hydrogen (secondary N) is 2. The molecule has 0 aliphatic heterocycles. The van der Waals surface area contributed by atoms with Crippen LogP contribution < -0.4 is 10.6 Å². The van der Waals surface area contributed by atoms with Gasteiger partial charge in [-0.05, 0) is 50.9 Å². The van der Waals surface area contributed by atoms with Gasteiger partial charge in [0.2, 0.25) is 0 Å². The number of hydrogen-bond acceptors (Lipinski definition) is 4. The van der Waals surface area contributed by atoms with E-state index in [0.29, 0.717) is 0 Å². The topological polar surface area (TPSA) is 49.8 Å². The molecule has 0 spiro atoms. The van der Waals surface area contributed by atoms with Crippen LogP contribution in [0.4, 0.5) is 11.6 Å². The summed E-state index contributed by atoms with van der Waals surface area (Å²) in [5.41, 5.74) is 0. The van der Waals surface area contributed by atoms with Crippen LogP contribution in [-0.2, 0) is 0 Å². The fourth-order valence-corrected chi connectivity index (χ4v) is 3.79. The number of fused-ring (bicyclic) bond motifs is 2. The fourth-order valence-electron chi connectivity index (χ4n) is 3.79. The van der Waals surface area contributed by atoms with Crippen molar-refractivity contribution in [3.05, 3.63) is 11.9 Å². The SMILES string of the molecule is CCNc1cc(NCC2CC3CCC2C3)nc(C)n1. The van der Waals surface area contributed by atoms with Crippen LogP contribution in [0.25, 0.3) is 0 Å². The Bertz CT molecular complexity index is 446. The predicted octanol–water partition coefficient (Wildman–Crippen LogP) is 3.06. The van der Waals surface area contributed by atoms with Gasteiger partial charge in [0.15, 0.2) is 0 Å². The first-order chi connectivity index (χ1) is 9.24. The van der Waals surface area contributed by atoms with Crippen molar-refractivity contribution in [3.8, 4) is 0 Å². The monoisotopic (exact) mass is 260 g/mol. The molecular formula is C15H24N4. The highest BCUT2D eigenvalue weighted by molar-refractivity contribution is 5.47. The molecule has 104 valence electrons. The molecular weight excluding hydrogens is 236 g/mol. The van der Waals surface area contributed by atoms with E-state index in [-0.39, 0.29) is 0 Å². The summed E-state index contributed by atoms with van der Waals surface area (Å²) in [5, 5.41) is 6.77. The summed E-state index contributed by atoms with van der Waals surface area (Å²) in [6.45, 7) is 5.99. The van der Waals surface area contributed by atoms with E-state index in [2.05, 4.69) is 27.5 Å². The Kier molecular flexibility index (Phi) is 3.58. The van der Waals surface area contributed by atoms with E-state index in [0.717, 1.165) is 48.3 Å². The molecule has 2 N–H and O–H groups in total. The van der Waals surface area contributed by atoms with E-state index in [9.17, 15) is 0 Å². The number of nitrogens with zero attached hydrogens (tertiary/aromatic N) is 2. The third kappa shape index (κ3) is 2.82. The second-order valence-corrected chi connectivity index (χ2v) is 6.03. The number of rotatable bonds is 5. The molecule has 4 nitrogen and oxygen atoms in total. The number of aryl methyl sites for hydroxylation is 1. The molecule has 19 heavy (non-hydrogen) atoms. The number of aromatic nitrogens is 2. The standard InChI is InChI=1S/C15H24N4/c1-3-16-14-8-15(19-10(2)18-14)17-9-13-7-11-4-5-12(13)6-11/h8,11-13H,3-7,9H2,1-2H3,(H2,16,17,18,19). The molecule has 2 fully saturated rings. The van der Waals surface area contributed by atoms with Crippen molar-refractivity contribution in [2.24, 2.45) is 17.8 Å². The zero-order valence-corrected chi connectivity index (χ0v) is 11.9. The van der Waals surface area contributed by atoms with Crippen molar-refractivity contribution in [3.63, 3.8) is 0 Å². The van der Waals surface area contributed by atoms with Gasteiger partial charge in [-0.2, -0.15) is 0 Å². The highest BCUT2D eigenvalue weighted by Crippen LogP contribution is 2.48. The van der Waals surface area contributed by atoms with E-state index in [4.69, 9.17) is 0 Å². The van der Waals surface area contributed by atoms with Crippen molar-refractivity contribution < 1.29 is 0 Å². The normalized spacial score (nSPS) is 28.6. The molecule has 4 heteroatoms. The summed E-state index contributed by atoms with van der Waals surface area (Å²) in [5.74, 6) is 5.55. The first-order valence-corrected chi connectivity index (χ1v) is 7.58. The molecule has 1 aromatic heterocycles. The van der Waals surface area contributed by atoms with E-state index >= 15 is 0 Å². The van der Waals surface area contributed by atoms with Crippen molar-refractivity contribution >= 4 is 11.6 Å². The third-order valence-corrected chi connectivity index (χ3v) is 4.63. The van der Waals surface area contributed by atoms with Gasteiger partial charge >= 0.3 is 0 Å². The summed E-state index contributed by atoms with van der Waals surface area (Å²) in [6.07, 6.45) is 5.81. The number of hydrogen-bond donors (Lipinski definition) is 2. The summed E-state index contributed by atoms with van der Waals surface area (Å²) < 4.78 is 0. The zero-order valence-electron chi connectivity index (χ0n) is 11.9. The van der Waals surface area contributed by atoms with Crippen LogP contribution in [0.15, 0.2) is 6.07 Å². The average Bonchev–Trinajstić information content (AvgIpc) is 2.98. The van der Waals surface area contributed by atoms with Gasteiger partial charge in [-0.15, -0.1) is 0 Å². The third-order valence-electron chi connectivity index (χ3n) is 4.63. The van der Waals surface area contributed by atoms with Crippen molar-refractivity contribution in [1.29, 1.82) is 0 Å². The molecule has 3 atom stereocenters. The molecule has 0 amide bonds. The Morgan fingerprint density at radius 3 is 2.58 bits per heavy atom. The predicted molar refractivity (Wildman–Crippen MR) is 78.4 cm³/mol. The van der Waals surface area contributed by atoms with Gasteiger partial charge in [0.05, 0.1) is 0 Å². The molecule has 2 saturated carbocycles. The quantitative estimate of drug-likeness (QED) is 0.854. The summed E-state index contributed by atoms with van der Waals surface area (Å²) >= 11 is 0. The largest absolute Gasteiger partial charge is 0.370 e. The van der Waals surface area contributed by atoms with E-state index < -0.39 is 0 Å². The van der Waals surface area contributed by atoms with Crippen molar-refractivity contribution in [2.75, 3.05) is 23.7 Å². The lowest BCUT2D eigenvalue weighted by molar-refractivity contribution is 0.348. The second kappa shape index (κ2) is 5.35. The maximum Gasteiger partial charge on any atom is 0.131 e.